The van der Waals surface area contributed by atoms with Crippen molar-refractivity contribution < 1.29 is 9.72 Å². The maximum absolute atomic E-state index is 12.3. The van der Waals surface area contributed by atoms with Crippen molar-refractivity contribution in [1.29, 1.82) is 0 Å². The molecule has 1 aliphatic carbocycles. The molecule has 0 radical (unpaired) electrons. The first-order valence-electron chi connectivity index (χ1n) is 7.57. The summed E-state index contributed by atoms with van der Waals surface area (Å²) in [5.41, 5.74) is 11.4. The van der Waals surface area contributed by atoms with Crippen molar-refractivity contribution in [1.82, 2.24) is 5.32 Å². The molecule has 2 rings (SSSR count). The maximum atomic E-state index is 12.3. The molecule has 8 heteroatoms. The number of nitro groups is 1. The van der Waals surface area contributed by atoms with Crippen LogP contribution in [0, 0.1) is 16.0 Å². The zero-order chi connectivity index (χ0) is 16.1. The van der Waals surface area contributed by atoms with Crippen LogP contribution >= 0.6 is 12.4 Å². The fourth-order valence-corrected chi connectivity index (χ4v) is 3.00. The Labute approximate surface area is 141 Å². The van der Waals surface area contributed by atoms with Crippen molar-refractivity contribution in [3.63, 3.8) is 0 Å². The number of rotatable bonds is 5. The Morgan fingerprint density at radius 2 is 2.00 bits per heavy atom. The first-order valence-corrected chi connectivity index (χ1v) is 7.57. The lowest BCUT2D eigenvalue weighted by Crippen LogP contribution is -2.45. The van der Waals surface area contributed by atoms with Gasteiger partial charge in [0.25, 0.3) is 11.6 Å². The lowest BCUT2D eigenvalue weighted by atomic mass is 9.84. The van der Waals surface area contributed by atoms with Crippen LogP contribution in [0.15, 0.2) is 18.2 Å². The molecule has 1 aromatic rings. The van der Waals surface area contributed by atoms with Crippen LogP contribution in [0.4, 0.5) is 11.4 Å². The summed E-state index contributed by atoms with van der Waals surface area (Å²) in [5.74, 6) is 0.0376. The van der Waals surface area contributed by atoms with Crippen LogP contribution in [-0.2, 0) is 0 Å². The molecule has 1 atom stereocenters. The van der Waals surface area contributed by atoms with Gasteiger partial charge in [0.2, 0.25) is 0 Å². The van der Waals surface area contributed by atoms with E-state index in [1.54, 1.807) is 0 Å². The second-order valence-electron chi connectivity index (χ2n) is 5.74. The van der Waals surface area contributed by atoms with Gasteiger partial charge in [-0.2, -0.15) is 0 Å². The SMILES string of the molecule is Cl.NCC(NC(=O)c1ccc(N)c([N+](=O)[O-])c1)C1CCCCC1. The third-order valence-electron chi connectivity index (χ3n) is 4.28. The number of hydrogen-bond donors (Lipinski definition) is 3. The van der Waals surface area contributed by atoms with Crippen LogP contribution < -0.4 is 16.8 Å². The number of carbonyl (C=O) groups is 1. The molecule has 1 fully saturated rings. The van der Waals surface area contributed by atoms with E-state index in [1.165, 1.54) is 24.6 Å². The molecule has 0 bridgehead atoms. The molecule has 0 aromatic heterocycles. The number of nitro benzene ring substituents is 1. The highest BCUT2D eigenvalue weighted by molar-refractivity contribution is 5.95. The summed E-state index contributed by atoms with van der Waals surface area (Å²) in [5, 5.41) is 13.8. The number of nitrogens with zero attached hydrogens (tertiary/aromatic N) is 1. The second kappa shape index (κ2) is 8.69. The van der Waals surface area contributed by atoms with Gasteiger partial charge in [0, 0.05) is 24.2 Å². The molecule has 1 amide bonds. The molecule has 23 heavy (non-hydrogen) atoms. The average Bonchev–Trinajstić information content (AvgIpc) is 2.53. The lowest BCUT2D eigenvalue weighted by Gasteiger charge is -2.30. The topological polar surface area (TPSA) is 124 Å². The second-order valence-corrected chi connectivity index (χ2v) is 5.74. The van der Waals surface area contributed by atoms with Gasteiger partial charge in [-0.15, -0.1) is 12.4 Å². The standard InChI is InChI=1S/C15H22N4O3.ClH/c16-9-13(10-4-2-1-3-5-10)18-15(20)11-6-7-12(17)14(8-11)19(21)22;/h6-8,10,13H,1-5,9,16-17H2,(H,18,20);1H. The van der Waals surface area contributed by atoms with Crippen molar-refractivity contribution >= 4 is 29.7 Å². The van der Waals surface area contributed by atoms with Crippen molar-refractivity contribution in [3.05, 3.63) is 33.9 Å². The van der Waals surface area contributed by atoms with E-state index in [0.29, 0.717) is 12.5 Å². The van der Waals surface area contributed by atoms with Crippen molar-refractivity contribution in [2.24, 2.45) is 11.7 Å². The number of carbonyl (C=O) groups excluding carboxylic acids is 1. The summed E-state index contributed by atoms with van der Waals surface area (Å²) in [6.07, 6.45) is 5.66. The molecule has 1 aromatic carbocycles. The smallest absolute Gasteiger partial charge is 0.292 e. The molecule has 0 aliphatic heterocycles. The molecule has 1 aliphatic rings. The molecule has 1 unspecified atom stereocenters. The zero-order valence-electron chi connectivity index (χ0n) is 12.9. The minimum absolute atomic E-state index is 0. The van der Waals surface area contributed by atoms with Crippen LogP contribution in [0.1, 0.15) is 42.5 Å². The van der Waals surface area contributed by atoms with E-state index in [4.69, 9.17) is 11.5 Å². The molecule has 1 saturated carbocycles. The number of hydrogen-bond acceptors (Lipinski definition) is 5. The van der Waals surface area contributed by atoms with Crippen LogP contribution in [0.3, 0.4) is 0 Å². The summed E-state index contributed by atoms with van der Waals surface area (Å²) >= 11 is 0. The van der Waals surface area contributed by atoms with Crippen molar-refractivity contribution in [3.8, 4) is 0 Å². The van der Waals surface area contributed by atoms with Gasteiger partial charge in [-0.3, -0.25) is 14.9 Å². The highest BCUT2D eigenvalue weighted by Crippen LogP contribution is 2.27. The third-order valence-corrected chi connectivity index (χ3v) is 4.28. The highest BCUT2D eigenvalue weighted by Gasteiger charge is 2.25. The van der Waals surface area contributed by atoms with Crippen LogP contribution in [0.5, 0.6) is 0 Å². The number of anilines is 1. The predicted molar refractivity (Wildman–Crippen MR) is 91.6 cm³/mol. The molecular formula is C15H23ClN4O3. The van der Waals surface area contributed by atoms with Gasteiger partial charge in [0.1, 0.15) is 5.69 Å². The predicted octanol–water partition coefficient (Wildman–Crippen LogP) is 2.24. The van der Waals surface area contributed by atoms with Crippen LogP contribution in [-0.4, -0.2) is 23.4 Å². The van der Waals surface area contributed by atoms with Gasteiger partial charge in [-0.25, -0.2) is 0 Å². The Morgan fingerprint density at radius 3 is 2.57 bits per heavy atom. The Kier molecular flexibility index (Phi) is 7.25. The molecule has 0 saturated heterocycles. The van der Waals surface area contributed by atoms with Crippen molar-refractivity contribution in [2.45, 2.75) is 38.1 Å². The van der Waals surface area contributed by atoms with E-state index in [2.05, 4.69) is 5.32 Å². The largest absolute Gasteiger partial charge is 0.393 e. The van der Waals surface area contributed by atoms with Gasteiger partial charge in [-0.1, -0.05) is 19.3 Å². The minimum Gasteiger partial charge on any atom is -0.393 e. The average molecular weight is 343 g/mol. The summed E-state index contributed by atoms with van der Waals surface area (Å²) < 4.78 is 0. The van der Waals surface area contributed by atoms with Gasteiger partial charge in [0.15, 0.2) is 0 Å². The summed E-state index contributed by atoms with van der Waals surface area (Å²) in [6.45, 7) is 0.369. The number of benzene rings is 1. The Bertz CT molecular complexity index is 562. The van der Waals surface area contributed by atoms with Gasteiger partial charge >= 0.3 is 0 Å². The Hall–Kier alpha value is -1.86. The normalized spacial score (nSPS) is 16.2. The number of nitrogens with one attached hydrogen (secondary N) is 1. The summed E-state index contributed by atoms with van der Waals surface area (Å²) in [6, 6.07) is 3.99. The van der Waals surface area contributed by atoms with E-state index >= 15 is 0 Å². The molecule has 0 heterocycles. The monoisotopic (exact) mass is 342 g/mol. The first kappa shape index (κ1) is 19.2. The molecule has 0 spiro atoms. The maximum Gasteiger partial charge on any atom is 0.292 e. The Morgan fingerprint density at radius 1 is 1.35 bits per heavy atom. The van der Waals surface area contributed by atoms with E-state index in [0.717, 1.165) is 25.7 Å². The minimum atomic E-state index is -0.590. The third kappa shape index (κ3) is 4.80. The van der Waals surface area contributed by atoms with Gasteiger partial charge in [-0.05, 0) is 30.9 Å². The fourth-order valence-electron chi connectivity index (χ4n) is 3.00. The molecule has 128 valence electrons. The van der Waals surface area contributed by atoms with Crippen LogP contribution in [0.2, 0.25) is 0 Å². The van der Waals surface area contributed by atoms with Gasteiger partial charge in [0.05, 0.1) is 4.92 Å². The van der Waals surface area contributed by atoms with Crippen molar-refractivity contribution in [2.75, 3.05) is 12.3 Å². The number of halogens is 1. The quantitative estimate of drug-likeness (QED) is 0.430. The van der Waals surface area contributed by atoms with E-state index in [-0.39, 0.29) is 41.3 Å². The zero-order valence-corrected chi connectivity index (χ0v) is 13.7. The van der Waals surface area contributed by atoms with E-state index in [9.17, 15) is 14.9 Å². The first-order chi connectivity index (χ1) is 10.5. The fraction of sp³-hybridized carbons (Fsp3) is 0.533. The number of amides is 1. The summed E-state index contributed by atoms with van der Waals surface area (Å²) in [7, 11) is 0. The molecule has 5 N–H and O–H groups in total. The van der Waals surface area contributed by atoms with Crippen LogP contribution in [0.25, 0.3) is 0 Å². The van der Waals surface area contributed by atoms with E-state index in [1.807, 2.05) is 0 Å². The molecule has 7 nitrogen and oxygen atoms in total. The van der Waals surface area contributed by atoms with E-state index < -0.39 is 4.92 Å². The molecular weight excluding hydrogens is 320 g/mol. The number of nitrogen functional groups attached to an aromatic ring is 1. The summed E-state index contributed by atoms with van der Waals surface area (Å²) in [4.78, 5) is 22.6. The van der Waals surface area contributed by atoms with Gasteiger partial charge < -0.3 is 16.8 Å². The lowest BCUT2D eigenvalue weighted by molar-refractivity contribution is -0.383. The highest BCUT2D eigenvalue weighted by atomic mass is 35.5. The Balaban J connectivity index is 0.00000264. The number of nitrogens with two attached hydrogens (primary N) is 2.